The molecule has 3 nitrogen and oxygen atoms in total. The minimum atomic E-state index is -0.481. The van der Waals surface area contributed by atoms with Crippen LogP contribution in [0.3, 0.4) is 0 Å². The second kappa shape index (κ2) is 8.70. The Morgan fingerprint density at radius 3 is 2.17 bits per heavy atom. The van der Waals surface area contributed by atoms with Crippen LogP contribution in [0.1, 0.15) is 43.9 Å². The fourth-order valence-electron chi connectivity index (χ4n) is 2.46. The van der Waals surface area contributed by atoms with Gasteiger partial charge in [-0.15, -0.1) is 0 Å². The van der Waals surface area contributed by atoms with Crippen molar-refractivity contribution in [2.45, 2.75) is 38.8 Å². The predicted octanol–water partition coefficient (Wildman–Crippen LogP) is 2.87. The van der Waals surface area contributed by atoms with Crippen LogP contribution in [0.5, 0.6) is 5.75 Å². The summed E-state index contributed by atoms with van der Waals surface area (Å²) in [7, 11) is 0. The van der Waals surface area contributed by atoms with Gasteiger partial charge >= 0.3 is 0 Å². The van der Waals surface area contributed by atoms with E-state index in [0.717, 1.165) is 5.75 Å². The van der Waals surface area contributed by atoms with Crippen molar-refractivity contribution >= 4 is 0 Å². The molecule has 2 rings (SSSR count). The molecule has 0 amide bonds. The minimum absolute atomic E-state index is 0.318. The maximum atomic E-state index is 10.1. The first-order valence-electron chi connectivity index (χ1n) is 8.35. The van der Waals surface area contributed by atoms with Crippen LogP contribution in [0.15, 0.2) is 54.6 Å². The maximum absolute atomic E-state index is 10.1. The van der Waals surface area contributed by atoms with Gasteiger partial charge in [0.15, 0.2) is 0 Å². The topological polar surface area (TPSA) is 46.1 Å². The summed E-state index contributed by atoms with van der Waals surface area (Å²) in [6.07, 6.45) is -0.481. The zero-order valence-electron chi connectivity index (χ0n) is 14.3. The Morgan fingerprint density at radius 1 is 0.913 bits per heavy atom. The van der Waals surface area contributed by atoms with E-state index >= 15 is 0 Å². The summed E-state index contributed by atoms with van der Waals surface area (Å²) >= 11 is 0. The molecule has 0 fully saturated rings. The summed E-state index contributed by atoms with van der Waals surface area (Å²) in [6.45, 7) is 7.43. The molecule has 0 saturated heterocycles. The fraction of sp³-hybridized carbons (Fsp3) is 0.400. The van der Waals surface area contributed by atoms with Crippen molar-refractivity contribution in [1.82, 2.24) is 0 Å². The Labute approximate surface area is 139 Å². The highest BCUT2D eigenvalue weighted by Crippen LogP contribution is 2.18. The summed E-state index contributed by atoms with van der Waals surface area (Å²) in [6, 6.07) is 18.8. The summed E-state index contributed by atoms with van der Waals surface area (Å²) in [5.74, 6) is 1.33. The lowest BCUT2D eigenvalue weighted by Gasteiger charge is -2.15. The standard InChI is InChI=1S/C20H27NO2/c1-15(2)17-9-11-20(12-10-17)23-14-19(22)13-21-16(3)18-7-5-4-6-8-18/h4-12,15-16,19,21-22H,13-14H2,1-3H3/p+1/t16-,19+/m0/s1. The van der Waals surface area contributed by atoms with E-state index in [4.69, 9.17) is 4.74 Å². The van der Waals surface area contributed by atoms with Crippen LogP contribution < -0.4 is 10.1 Å². The Hall–Kier alpha value is -1.84. The fourth-order valence-corrected chi connectivity index (χ4v) is 2.46. The molecule has 2 atom stereocenters. The molecule has 124 valence electrons. The van der Waals surface area contributed by atoms with Gasteiger partial charge in [0, 0.05) is 5.56 Å². The molecule has 23 heavy (non-hydrogen) atoms. The second-order valence-corrected chi connectivity index (χ2v) is 6.36. The van der Waals surface area contributed by atoms with Crippen LogP contribution in [0.4, 0.5) is 0 Å². The number of ether oxygens (including phenoxy) is 1. The molecule has 0 bridgehead atoms. The Bertz CT molecular complexity index is 566. The van der Waals surface area contributed by atoms with E-state index in [1.807, 2.05) is 30.3 Å². The van der Waals surface area contributed by atoms with Gasteiger partial charge in [0.1, 0.15) is 31.0 Å². The van der Waals surface area contributed by atoms with Crippen molar-refractivity contribution < 1.29 is 15.2 Å². The molecular weight excluding hydrogens is 286 g/mol. The number of aliphatic hydroxyl groups excluding tert-OH is 1. The van der Waals surface area contributed by atoms with Gasteiger partial charge in [0.25, 0.3) is 0 Å². The van der Waals surface area contributed by atoms with E-state index < -0.39 is 6.10 Å². The third-order valence-electron chi connectivity index (χ3n) is 4.08. The van der Waals surface area contributed by atoms with Crippen molar-refractivity contribution in [2.24, 2.45) is 0 Å². The highest BCUT2D eigenvalue weighted by atomic mass is 16.5. The number of quaternary nitrogens is 1. The molecule has 0 heterocycles. The van der Waals surface area contributed by atoms with Gasteiger partial charge in [0.2, 0.25) is 0 Å². The second-order valence-electron chi connectivity index (χ2n) is 6.36. The number of hydrogen-bond acceptors (Lipinski definition) is 2. The molecule has 2 aromatic carbocycles. The van der Waals surface area contributed by atoms with Crippen LogP contribution in [0.25, 0.3) is 0 Å². The first-order valence-corrected chi connectivity index (χ1v) is 8.35. The van der Waals surface area contributed by atoms with Gasteiger partial charge in [-0.2, -0.15) is 0 Å². The van der Waals surface area contributed by atoms with Crippen molar-refractivity contribution in [1.29, 1.82) is 0 Å². The van der Waals surface area contributed by atoms with E-state index in [9.17, 15) is 5.11 Å². The van der Waals surface area contributed by atoms with E-state index in [1.54, 1.807) is 0 Å². The van der Waals surface area contributed by atoms with Gasteiger partial charge in [-0.25, -0.2) is 0 Å². The molecule has 0 aliphatic carbocycles. The molecular formula is C20H28NO2+. The van der Waals surface area contributed by atoms with Gasteiger partial charge < -0.3 is 15.2 Å². The zero-order valence-corrected chi connectivity index (χ0v) is 14.3. The highest BCUT2D eigenvalue weighted by molar-refractivity contribution is 5.28. The maximum Gasteiger partial charge on any atom is 0.137 e. The van der Waals surface area contributed by atoms with Crippen molar-refractivity contribution in [3.8, 4) is 5.75 Å². The first kappa shape index (κ1) is 17.5. The van der Waals surface area contributed by atoms with E-state index in [1.165, 1.54) is 11.1 Å². The molecule has 3 N–H and O–H groups in total. The number of aliphatic hydroxyl groups is 1. The summed E-state index contributed by atoms with van der Waals surface area (Å²) < 4.78 is 5.67. The molecule has 0 spiro atoms. The number of benzene rings is 2. The number of nitrogens with two attached hydrogens (primary N) is 1. The normalized spacial score (nSPS) is 13.8. The average Bonchev–Trinajstić information content (AvgIpc) is 2.59. The highest BCUT2D eigenvalue weighted by Gasteiger charge is 2.12. The minimum Gasteiger partial charge on any atom is -0.491 e. The van der Waals surface area contributed by atoms with E-state index in [2.05, 4.69) is 50.4 Å². The molecule has 3 heteroatoms. The van der Waals surface area contributed by atoms with Gasteiger partial charge in [-0.05, 0) is 30.5 Å². The van der Waals surface area contributed by atoms with Gasteiger partial charge in [-0.1, -0.05) is 56.3 Å². The Balaban J connectivity index is 1.73. The molecule has 0 saturated carbocycles. The lowest BCUT2D eigenvalue weighted by Crippen LogP contribution is -2.87. The summed E-state index contributed by atoms with van der Waals surface area (Å²) in [4.78, 5) is 0. The van der Waals surface area contributed by atoms with Crippen molar-refractivity contribution in [3.05, 3.63) is 65.7 Å². The monoisotopic (exact) mass is 314 g/mol. The third kappa shape index (κ3) is 5.70. The molecule has 0 aliphatic rings. The van der Waals surface area contributed by atoms with Crippen LogP contribution in [-0.2, 0) is 0 Å². The molecule has 0 aliphatic heterocycles. The van der Waals surface area contributed by atoms with E-state index in [-0.39, 0.29) is 0 Å². The lowest BCUT2D eigenvalue weighted by atomic mass is 10.0. The van der Waals surface area contributed by atoms with Crippen molar-refractivity contribution in [2.75, 3.05) is 13.2 Å². The molecule has 0 radical (unpaired) electrons. The zero-order chi connectivity index (χ0) is 16.7. The average molecular weight is 314 g/mol. The summed E-state index contributed by atoms with van der Waals surface area (Å²) in [5.41, 5.74) is 2.56. The van der Waals surface area contributed by atoms with Crippen LogP contribution in [0.2, 0.25) is 0 Å². The quantitative estimate of drug-likeness (QED) is 0.787. The Kier molecular flexibility index (Phi) is 6.63. The van der Waals surface area contributed by atoms with Crippen LogP contribution >= 0.6 is 0 Å². The first-order chi connectivity index (χ1) is 11.1. The predicted molar refractivity (Wildman–Crippen MR) is 93.7 cm³/mol. The summed E-state index contributed by atoms with van der Waals surface area (Å²) in [5, 5.41) is 12.2. The van der Waals surface area contributed by atoms with E-state index in [0.29, 0.717) is 25.1 Å². The molecule has 2 aromatic rings. The third-order valence-corrected chi connectivity index (χ3v) is 4.08. The largest absolute Gasteiger partial charge is 0.491 e. The van der Waals surface area contributed by atoms with Gasteiger partial charge in [0.05, 0.1) is 0 Å². The molecule has 0 unspecified atom stereocenters. The van der Waals surface area contributed by atoms with Gasteiger partial charge in [-0.3, -0.25) is 0 Å². The van der Waals surface area contributed by atoms with Crippen LogP contribution in [-0.4, -0.2) is 24.4 Å². The lowest BCUT2D eigenvalue weighted by molar-refractivity contribution is -0.698. The smallest absolute Gasteiger partial charge is 0.137 e. The Morgan fingerprint density at radius 2 is 1.57 bits per heavy atom. The molecule has 0 aromatic heterocycles. The number of hydrogen-bond donors (Lipinski definition) is 2. The number of rotatable bonds is 8. The van der Waals surface area contributed by atoms with Crippen molar-refractivity contribution in [3.63, 3.8) is 0 Å². The van der Waals surface area contributed by atoms with Crippen LogP contribution in [0, 0.1) is 0 Å². The SMILES string of the molecule is CC(C)c1ccc(OC[C@H](O)C[NH2+][C@@H](C)c2ccccc2)cc1.